The van der Waals surface area contributed by atoms with Gasteiger partial charge in [-0.05, 0) is 25.8 Å². The van der Waals surface area contributed by atoms with E-state index in [4.69, 9.17) is 0 Å². The van der Waals surface area contributed by atoms with Crippen LogP contribution in [0.2, 0.25) is 0 Å². The van der Waals surface area contributed by atoms with E-state index in [1.807, 2.05) is 20.8 Å². The number of carbonyl (C=O) groups excluding carboxylic acids is 1. The normalized spacial score (nSPS) is 18.8. The molecule has 1 fully saturated rings. The van der Waals surface area contributed by atoms with E-state index in [2.05, 4.69) is 10.4 Å². The maximum atomic E-state index is 12.1. The summed E-state index contributed by atoms with van der Waals surface area (Å²) in [7, 11) is 0. The lowest BCUT2D eigenvalue weighted by atomic mass is 9.87. The number of hydrogen-bond acceptors (Lipinski definition) is 3. The highest BCUT2D eigenvalue weighted by molar-refractivity contribution is 5.78. The fraction of sp³-hybridized carbons (Fsp3) is 0.667. The lowest BCUT2D eigenvalue weighted by Crippen LogP contribution is -2.55. The Labute approximate surface area is 130 Å². The molecule has 122 valence electrons. The van der Waals surface area contributed by atoms with E-state index < -0.39 is 11.5 Å². The predicted octanol–water partition coefficient (Wildman–Crippen LogP) is 1.58. The van der Waals surface area contributed by atoms with Crippen LogP contribution in [0.4, 0.5) is 4.79 Å². The minimum Gasteiger partial charge on any atom is -0.479 e. The van der Waals surface area contributed by atoms with Crippen molar-refractivity contribution in [3.63, 3.8) is 0 Å². The first-order chi connectivity index (χ1) is 10.4. The standard InChI is InChI=1S/C15H24N4O3/c1-4-12(3)17-14(22)18-7-5-15(6-8-18,13(20)21)19-10-11(2)9-16-19/h9-10,12H,4-8H2,1-3H3,(H,17,22)(H,20,21)/t12-/m0/s1. The molecule has 7 heteroatoms. The molecule has 2 heterocycles. The van der Waals surface area contributed by atoms with Crippen LogP contribution in [0.25, 0.3) is 0 Å². The summed E-state index contributed by atoms with van der Waals surface area (Å²) in [6, 6.07) is -0.00240. The van der Waals surface area contributed by atoms with Gasteiger partial charge in [0.05, 0.1) is 6.20 Å². The average molecular weight is 308 g/mol. The Kier molecular flexibility index (Phi) is 4.73. The molecule has 0 aliphatic carbocycles. The summed E-state index contributed by atoms with van der Waals surface area (Å²) < 4.78 is 1.54. The SMILES string of the molecule is CC[C@H](C)NC(=O)N1CCC(C(=O)O)(n2cc(C)cn2)CC1. The fourth-order valence-corrected chi connectivity index (χ4v) is 2.67. The van der Waals surface area contributed by atoms with Crippen LogP contribution in [0.5, 0.6) is 0 Å². The first-order valence-electron chi connectivity index (χ1n) is 7.69. The molecular formula is C15H24N4O3. The molecule has 1 aromatic rings. The van der Waals surface area contributed by atoms with Gasteiger partial charge >= 0.3 is 12.0 Å². The third-order valence-electron chi connectivity index (χ3n) is 4.41. The van der Waals surface area contributed by atoms with Crippen LogP contribution in [0.15, 0.2) is 12.4 Å². The molecular weight excluding hydrogens is 284 g/mol. The number of aryl methyl sites for hydroxylation is 1. The van der Waals surface area contributed by atoms with Crippen LogP contribution in [-0.4, -0.2) is 50.9 Å². The van der Waals surface area contributed by atoms with E-state index in [0.29, 0.717) is 25.9 Å². The number of carboxylic acids is 1. The molecule has 22 heavy (non-hydrogen) atoms. The van der Waals surface area contributed by atoms with Gasteiger partial charge in [0.25, 0.3) is 0 Å². The number of carbonyl (C=O) groups is 2. The van der Waals surface area contributed by atoms with Gasteiger partial charge in [-0.3, -0.25) is 4.68 Å². The molecule has 0 unspecified atom stereocenters. The van der Waals surface area contributed by atoms with Gasteiger partial charge in [-0.25, -0.2) is 9.59 Å². The zero-order chi connectivity index (χ0) is 16.3. The average Bonchev–Trinajstić information content (AvgIpc) is 2.93. The quantitative estimate of drug-likeness (QED) is 0.884. The second-order valence-electron chi connectivity index (χ2n) is 6.04. The monoisotopic (exact) mass is 308 g/mol. The third-order valence-corrected chi connectivity index (χ3v) is 4.41. The zero-order valence-electron chi connectivity index (χ0n) is 13.4. The summed E-state index contributed by atoms with van der Waals surface area (Å²) >= 11 is 0. The van der Waals surface area contributed by atoms with Crippen molar-refractivity contribution in [3.05, 3.63) is 18.0 Å². The molecule has 0 radical (unpaired) electrons. The van der Waals surface area contributed by atoms with E-state index in [1.165, 1.54) is 4.68 Å². The number of nitrogens with zero attached hydrogens (tertiary/aromatic N) is 3. The molecule has 1 aliphatic rings. The molecule has 0 bridgehead atoms. The van der Waals surface area contributed by atoms with Gasteiger partial charge in [0, 0.05) is 38.2 Å². The number of carboxylic acid groups (broad SMARTS) is 1. The van der Waals surface area contributed by atoms with Gasteiger partial charge in [0.2, 0.25) is 0 Å². The molecule has 1 aliphatic heterocycles. The summed E-state index contributed by atoms with van der Waals surface area (Å²) in [5.74, 6) is -0.891. The highest BCUT2D eigenvalue weighted by Crippen LogP contribution is 2.30. The molecule has 0 aromatic carbocycles. The Hall–Kier alpha value is -2.05. The number of amides is 2. The highest BCUT2D eigenvalue weighted by Gasteiger charge is 2.45. The molecule has 7 nitrogen and oxygen atoms in total. The number of nitrogens with one attached hydrogen (secondary N) is 1. The highest BCUT2D eigenvalue weighted by atomic mass is 16.4. The third kappa shape index (κ3) is 3.08. The summed E-state index contributed by atoms with van der Waals surface area (Å²) in [5.41, 5.74) is -0.126. The molecule has 0 saturated carbocycles. The first kappa shape index (κ1) is 16.3. The van der Waals surface area contributed by atoms with Crippen molar-refractivity contribution < 1.29 is 14.7 Å². The Balaban J connectivity index is 2.08. The number of aromatic nitrogens is 2. The minimum absolute atomic E-state index is 0.118. The van der Waals surface area contributed by atoms with Gasteiger partial charge in [0.1, 0.15) is 0 Å². The molecule has 0 spiro atoms. The molecule has 1 atom stereocenters. The number of rotatable bonds is 4. The van der Waals surface area contributed by atoms with Crippen LogP contribution in [0, 0.1) is 6.92 Å². The lowest BCUT2D eigenvalue weighted by Gasteiger charge is -2.39. The predicted molar refractivity (Wildman–Crippen MR) is 81.7 cm³/mol. The summed E-state index contributed by atoms with van der Waals surface area (Å²) in [6.07, 6.45) is 5.00. The van der Waals surface area contributed by atoms with Crippen molar-refractivity contribution >= 4 is 12.0 Å². The molecule has 1 aromatic heterocycles. The smallest absolute Gasteiger partial charge is 0.331 e. The van der Waals surface area contributed by atoms with Crippen LogP contribution in [-0.2, 0) is 10.3 Å². The molecule has 2 rings (SSSR count). The van der Waals surface area contributed by atoms with Crippen LogP contribution in [0.1, 0.15) is 38.7 Å². The van der Waals surface area contributed by atoms with Gasteiger partial charge < -0.3 is 15.3 Å². The summed E-state index contributed by atoms with van der Waals surface area (Å²) in [4.78, 5) is 25.6. The zero-order valence-corrected chi connectivity index (χ0v) is 13.4. The fourth-order valence-electron chi connectivity index (χ4n) is 2.67. The van der Waals surface area contributed by atoms with Gasteiger partial charge in [-0.1, -0.05) is 6.92 Å². The van der Waals surface area contributed by atoms with Gasteiger partial charge in [-0.2, -0.15) is 5.10 Å². The van der Waals surface area contributed by atoms with Crippen molar-refractivity contribution in [2.45, 2.75) is 51.6 Å². The first-order valence-corrected chi connectivity index (χ1v) is 7.69. The second kappa shape index (κ2) is 6.37. The van der Waals surface area contributed by atoms with Crippen molar-refractivity contribution in [3.8, 4) is 0 Å². The van der Waals surface area contributed by atoms with E-state index in [9.17, 15) is 14.7 Å². The largest absolute Gasteiger partial charge is 0.479 e. The van der Waals surface area contributed by atoms with Crippen molar-refractivity contribution in [1.29, 1.82) is 0 Å². The van der Waals surface area contributed by atoms with Gasteiger partial charge in [0.15, 0.2) is 5.54 Å². The van der Waals surface area contributed by atoms with Crippen LogP contribution in [0.3, 0.4) is 0 Å². The number of piperidine rings is 1. The van der Waals surface area contributed by atoms with Crippen molar-refractivity contribution in [2.75, 3.05) is 13.1 Å². The number of hydrogen-bond donors (Lipinski definition) is 2. The van der Waals surface area contributed by atoms with E-state index in [1.54, 1.807) is 17.3 Å². The molecule has 1 saturated heterocycles. The van der Waals surface area contributed by atoms with Crippen LogP contribution >= 0.6 is 0 Å². The summed E-state index contributed by atoms with van der Waals surface area (Å²) in [5, 5.41) is 16.8. The second-order valence-corrected chi connectivity index (χ2v) is 6.04. The van der Waals surface area contributed by atoms with Crippen molar-refractivity contribution in [2.24, 2.45) is 0 Å². The lowest BCUT2D eigenvalue weighted by molar-refractivity contribution is -0.150. The minimum atomic E-state index is -1.05. The van der Waals surface area contributed by atoms with Crippen LogP contribution < -0.4 is 5.32 Å². The molecule has 2 N–H and O–H groups in total. The molecule has 2 amide bonds. The number of aliphatic carboxylic acids is 1. The van der Waals surface area contributed by atoms with Crippen molar-refractivity contribution in [1.82, 2.24) is 20.0 Å². The number of likely N-dealkylation sites (tertiary alicyclic amines) is 1. The van der Waals surface area contributed by atoms with E-state index in [-0.39, 0.29) is 12.1 Å². The maximum absolute atomic E-state index is 12.1. The number of urea groups is 1. The topological polar surface area (TPSA) is 87.5 Å². The van der Waals surface area contributed by atoms with E-state index >= 15 is 0 Å². The Morgan fingerprint density at radius 2 is 2.09 bits per heavy atom. The summed E-state index contributed by atoms with van der Waals surface area (Å²) in [6.45, 7) is 6.67. The Morgan fingerprint density at radius 3 is 2.55 bits per heavy atom. The Bertz CT molecular complexity index is 547. The Morgan fingerprint density at radius 1 is 1.45 bits per heavy atom. The maximum Gasteiger partial charge on any atom is 0.331 e. The van der Waals surface area contributed by atoms with E-state index in [0.717, 1.165) is 12.0 Å². The van der Waals surface area contributed by atoms with Gasteiger partial charge in [-0.15, -0.1) is 0 Å².